The third-order valence-corrected chi connectivity index (χ3v) is 3.55. The van der Waals surface area contributed by atoms with Gasteiger partial charge in [0.1, 0.15) is 0 Å². The van der Waals surface area contributed by atoms with E-state index in [4.69, 9.17) is 5.73 Å². The van der Waals surface area contributed by atoms with Gasteiger partial charge >= 0.3 is 0 Å². The Morgan fingerprint density at radius 1 is 0.778 bits per heavy atom. The van der Waals surface area contributed by atoms with Gasteiger partial charge < -0.3 is 11.1 Å². The van der Waals surface area contributed by atoms with Crippen molar-refractivity contribution >= 4 is 17.1 Å². The molecule has 2 aromatic rings. The minimum Gasteiger partial charge on any atom is -0.399 e. The zero-order valence-corrected chi connectivity index (χ0v) is 10.4. The van der Waals surface area contributed by atoms with E-state index in [1.165, 1.54) is 42.5 Å². The highest BCUT2D eigenvalue weighted by Gasteiger charge is 2.09. The van der Waals surface area contributed by atoms with Gasteiger partial charge in [-0.25, -0.2) is 0 Å². The topological polar surface area (TPSA) is 38.0 Å². The molecule has 2 aromatic carbocycles. The molecular formula is C16H18N2. The predicted molar refractivity (Wildman–Crippen MR) is 77.2 cm³/mol. The lowest BCUT2D eigenvalue weighted by atomic mass is 9.91. The summed E-state index contributed by atoms with van der Waals surface area (Å²) in [6, 6.07) is 14.6. The fourth-order valence-corrected chi connectivity index (χ4v) is 2.54. The first-order chi connectivity index (χ1) is 8.81. The molecule has 0 saturated heterocycles. The molecule has 3 N–H and O–H groups in total. The van der Waals surface area contributed by atoms with Crippen LogP contribution in [0.15, 0.2) is 42.5 Å². The average molecular weight is 238 g/mol. The highest BCUT2D eigenvalue weighted by molar-refractivity contribution is 5.63. The van der Waals surface area contributed by atoms with Crippen LogP contribution in [0.5, 0.6) is 0 Å². The Labute approximate surface area is 108 Å². The van der Waals surface area contributed by atoms with Crippen molar-refractivity contribution in [2.24, 2.45) is 0 Å². The van der Waals surface area contributed by atoms with Crippen molar-refractivity contribution in [1.82, 2.24) is 0 Å². The van der Waals surface area contributed by atoms with E-state index in [2.05, 4.69) is 23.5 Å². The average Bonchev–Trinajstić information content (AvgIpc) is 2.41. The van der Waals surface area contributed by atoms with Gasteiger partial charge in [0.05, 0.1) is 0 Å². The lowest BCUT2D eigenvalue weighted by Crippen LogP contribution is -2.03. The van der Waals surface area contributed by atoms with Crippen LogP contribution in [0.1, 0.15) is 24.0 Å². The number of nitrogens with one attached hydrogen (secondary N) is 1. The molecule has 0 unspecified atom stereocenters. The fraction of sp³-hybridized carbons (Fsp3) is 0.250. The zero-order valence-electron chi connectivity index (χ0n) is 10.4. The van der Waals surface area contributed by atoms with E-state index in [0.29, 0.717) is 0 Å². The summed E-state index contributed by atoms with van der Waals surface area (Å²) in [5, 5.41) is 3.43. The quantitative estimate of drug-likeness (QED) is 0.779. The van der Waals surface area contributed by atoms with Gasteiger partial charge in [0.15, 0.2) is 0 Å². The summed E-state index contributed by atoms with van der Waals surface area (Å²) in [7, 11) is 0. The van der Waals surface area contributed by atoms with Gasteiger partial charge in [0, 0.05) is 17.1 Å². The molecule has 0 fully saturated rings. The summed E-state index contributed by atoms with van der Waals surface area (Å²) in [6.07, 6.45) is 5.10. The van der Waals surface area contributed by atoms with Crippen molar-refractivity contribution in [3.63, 3.8) is 0 Å². The van der Waals surface area contributed by atoms with E-state index in [9.17, 15) is 0 Å². The van der Waals surface area contributed by atoms with Gasteiger partial charge in [-0.3, -0.25) is 0 Å². The number of anilines is 3. The van der Waals surface area contributed by atoms with E-state index in [1.807, 2.05) is 24.3 Å². The van der Waals surface area contributed by atoms with E-state index >= 15 is 0 Å². The minimum atomic E-state index is 0.797. The van der Waals surface area contributed by atoms with E-state index < -0.39 is 0 Å². The summed E-state index contributed by atoms with van der Waals surface area (Å²) in [5.41, 5.74) is 11.8. The third kappa shape index (κ3) is 2.33. The van der Waals surface area contributed by atoms with Crippen LogP contribution in [0.3, 0.4) is 0 Å². The molecule has 18 heavy (non-hydrogen) atoms. The van der Waals surface area contributed by atoms with Gasteiger partial charge in [-0.2, -0.15) is 0 Å². The first-order valence-corrected chi connectivity index (χ1v) is 6.56. The number of rotatable bonds is 2. The molecule has 2 heteroatoms. The van der Waals surface area contributed by atoms with Crippen LogP contribution in [0.2, 0.25) is 0 Å². The Morgan fingerprint density at radius 3 is 2.22 bits per heavy atom. The summed E-state index contributed by atoms with van der Waals surface area (Å²) in [5.74, 6) is 0. The molecule has 0 amide bonds. The zero-order chi connectivity index (χ0) is 12.4. The second-order valence-electron chi connectivity index (χ2n) is 4.94. The number of fused-ring (bicyclic) bond motifs is 1. The molecule has 3 rings (SSSR count). The van der Waals surface area contributed by atoms with Gasteiger partial charge in [0.25, 0.3) is 0 Å². The van der Waals surface area contributed by atoms with Gasteiger partial charge in [-0.15, -0.1) is 0 Å². The lowest BCUT2D eigenvalue weighted by molar-refractivity contribution is 0.686. The van der Waals surface area contributed by atoms with Gasteiger partial charge in [-0.1, -0.05) is 6.07 Å². The Bertz CT molecular complexity index is 544. The molecule has 92 valence electrons. The Morgan fingerprint density at radius 2 is 1.44 bits per heavy atom. The van der Waals surface area contributed by atoms with Crippen LogP contribution in [-0.2, 0) is 12.8 Å². The van der Waals surface area contributed by atoms with Gasteiger partial charge in [-0.05, 0) is 73.2 Å². The van der Waals surface area contributed by atoms with E-state index in [0.717, 1.165) is 11.4 Å². The molecule has 0 saturated carbocycles. The fourth-order valence-electron chi connectivity index (χ4n) is 2.54. The SMILES string of the molecule is Nc1ccc(Nc2ccc3c(c2)CCCC3)cc1. The monoisotopic (exact) mass is 238 g/mol. The molecule has 1 aliphatic rings. The van der Waals surface area contributed by atoms with Crippen molar-refractivity contribution in [3.05, 3.63) is 53.6 Å². The maximum Gasteiger partial charge on any atom is 0.0387 e. The summed E-state index contributed by atoms with van der Waals surface area (Å²) < 4.78 is 0. The maximum atomic E-state index is 5.68. The first-order valence-electron chi connectivity index (χ1n) is 6.56. The minimum absolute atomic E-state index is 0.797. The number of aryl methyl sites for hydroxylation is 2. The first kappa shape index (κ1) is 11.1. The molecule has 0 spiro atoms. The molecule has 2 nitrogen and oxygen atoms in total. The standard InChI is InChI=1S/C16H18N2/c17-14-6-9-15(10-7-14)18-16-8-5-12-3-1-2-4-13(12)11-16/h5-11,18H,1-4,17H2. The van der Waals surface area contributed by atoms with Crippen LogP contribution in [0.4, 0.5) is 17.1 Å². The summed E-state index contributed by atoms with van der Waals surface area (Å²) >= 11 is 0. The summed E-state index contributed by atoms with van der Waals surface area (Å²) in [4.78, 5) is 0. The smallest absolute Gasteiger partial charge is 0.0387 e. The maximum absolute atomic E-state index is 5.68. The van der Waals surface area contributed by atoms with Gasteiger partial charge in [0.2, 0.25) is 0 Å². The molecule has 1 aliphatic carbocycles. The molecule has 0 aliphatic heterocycles. The van der Waals surface area contributed by atoms with Crippen LogP contribution in [-0.4, -0.2) is 0 Å². The van der Waals surface area contributed by atoms with Crippen molar-refractivity contribution in [3.8, 4) is 0 Å². The second kappa shape index (κ2) is 4.73. The van der Waals surface area contributed by atoms with Crippen molar-refractivity contribution in [2.45, 2.75) is 25.7 Å². The van der Waals surface area contributed by atoms with Crippen molar-refractivity contribution < 1.29 is 0 Å². The molecular weight excluding hydrogens is 220 g/mol. The largest absolute Gasteiger partial charge is 0.399 e. The predicted octanol–water partition coefficient (Wildman–Crippen LogP) is 3.89. The molecule has 0 bridgehead atoms. The molecule has 0 radical (unpaired) electrons. The Hall–Kier alpha value is -1.96. The number of nitrogen functional groups attached to an aromatic ring is 1. The lowest BCUT2D eigenvalue weighted by Gasteiger charge is -2.17. The summed E-state index contributed by atoms with van der Waals surface area (Å²) in [6.45, 7) is 0. The normalized spacial score (nSPS) is 14.0. The molecule has 0 atom stereocenters. The second-order valence-corrected chi connectivity index (χ2v) is 4.94. The Balaban J connectivity index is 1.82. The van der Waals surface area contributed by atoms with Crippen LogP contribution in [0.25, 0.3) is 0 Å². The molecule has 0 aromatic heterocycles. The number of nitrogens with two attached hydrogens (primary N) is 1. The highest BCUT2D eigenvalue weighted by Crippen LogP contribution is 2.26. The number of hydrogen-bond acceptors (Lipinski definition) is 2. The third-order valence-electron chi connectivity index (χ3n) is 3.55. The van der Waals surface area contributed by atoms with Crippen LogP contribution < -0.4 is 11.1 Å². The van der Waals surface area contributed by atoms with Crippen LogP contribution in [0, 0.1) is 0 Å². The molecule has 0 heterocycles. The Kier molecular flexibility index (Phi) is 2.93. The van der Waals surface area contributed by atoms with E-state index in [1.54, 1.807) is 0 Å². The highest BCUT2D eigenvalue weighted by atomic mass is 14.9. The number of hydrogen-bond donors (Lipinski definition) is 2. The van der Waals surface area contributed by atoms with Crippen molar-refractivity contribution in [1.29, 1.82) is 0 Å². The van der Waals surface area contributed by atoms with Crippen LogP contribution >= 0.6 is 0 Å². The van der Waals surface area contributed by atoms with Crippen molar-refractivity contribution in [2.75, 3.05) is 11.1 Å². The van der Waals surface area contributed by atoms with E-state index in [-0.39, 0.29) is 0 Å². The number of benzene rings is 2.